The van der Waals surface area contributed by atoms with Crippen molar-refractivity contribution < 1.29 is 22.4 Å². The van der Waals surface area contributed by atoms with Gasteiger partial charge < -0.3 is 9.88 Å². The maximum Gasteiger partial charge on any atom is 0.417 e. The Hall–Kier alpha value is -2.94. The highest BCUT2D eigenvalue weighted by Crippen LogP contribution is 2.28. The SMILES string of the molecule is O=C(Cn1cc(C(F)(F)F)ccc1=O)NC(c1ccc(F)cc1)c1cccs1. The lowest BCUT2D eigenvalue weighted by atomic mass is 10.1. The van der Waals surface area contributed by atoms with E-state index >= 15 is 0 Å². The molecule has 0 saturated heterocycles. The number of carbonyl (C=O) groups excluding carboxylic acids is 1. The van der Waals surface area contributed by atoms with Crippen molar-refractivity contribution in [2.45, 2.75) is 18.8 Å². The van der Waals surface area contributed by atoms with Gasteiger partial charge in [0.1, 0.15) is 12.4 Å². The number of carbonyl (C=O) groups is 1. The molecule has 1 N–H and O–H groups in total. The van der Waals surface area contributed by atoms with Gasteiger partial charge >= 0.3 is 6.18 Å². The molecule has 0 fully saturated rings. The van der Waals surface area contributed by atoms with Crippen LogP contribution in [0.3, 0.4) is 0 Å². The van der Waals surface area contributed by atoms with Crippen LogP contribution in [0.4, 0.5) is 17.6 Å². The monoisotopic (exact) mass is 410 g/mol. The van der Waals surface area contributed by atoms with Gasteiger partial charge in [-0.2, -0.15) is 13.2 Å². The number of nitrogens with one attached hydrogen (secondary N) is 1. The van der Waals surface area contributed by atoms with E-state index in [1.54, 1.807) is 17.5 Å². The van der Waals surface area contributed by atoms with E-state index < -0.39 is 41.6 Å². The molecule has 0 radical (unpaired) electrons. The topological polar surface area (TPSA) is 51.1 Å². The number of thiophene rings is 1. The summed E-state index contributed by atoms with van der Waals surface area (Å²) < 4.78 is 52.4. The minimum absolute atomic E-state index is 0.435. The molecule has 0 aliphatic carbocycles. The summed E-state index contributed by atoms with van der Waals surface area (Å²) in [5.41, 5.74) is -1.14. The summed E-state index contributed by atoms with van der Waals surface area (Å²) in [5.74, 6) is -1.08. The Labute approximate surface area is 161 Å². The van der Waals surface area contributed by atoms with Crippen molar-refractivity contribution in [2.75, 3.05) is 0 Å². The van der Waals surface area contributed by atoms with E-state index in [1.807, 2.05) is 0 Å². The molecule has 3 rings (SSSR count). The molecule has 3 aromatic rings. The van der Waals surface area contributed by atoms with Crippen LogP contribution in [0.1, 0.15) is 22.0 Å². The van der Waals surface area contributed by atoms with Crippen molar-refractivity contribution in [1.29, 1.82) is 0 Å². The molecule has 4 nitrogen and oxygen atoms in total. The zero-order valence-electron chi connectivity index (χ0n) is 14.2. The van der Waals surface area contributed by atoms with Crippen molar-refractivity contribution in [3.8, 4) is 0 Å². The van der Waals surface area contributed by atoms with E-state index in [4.69, 9.17) is 0 Å². The van der Waals surface area contributed by atoms with Crippen LogP contribution in [0.15, 0.2) is 64.9 Å². The summed E-state index contributed by atoms with van der Waals surface area (Å²) in [7, 11) is 0. The maximum absolute atomic E-state index is 13.2. The van der Waals surface area contributed by atoms with Crippen LogP contribution in [0.25, 0.3) is 0 Å². The molecule has 2 aromatic heterocycles. The number of hydrogen-bond acceptors (Lipinski definition) is 3. The average Bonchev–Trinajstić information content (AvgIpc) is 3.16. The number of halogens is 4. The van der Waals surface area contributed by atoms with Gasteiger partial charge in [0.15, 0.2) is 0 Å². The molecule has 0 saturated carbocycles. The summed E-state index contributed by atoms with van der Waals surface area (Å²) in [5, 5.41) is 4.50. The van der Waals surface area contributed by atoms with Gasteiger partial charge in [0, 0.05) is 17.1 Å². The zero-order valence-corrected chi connectivity index (χ0v) is 15.1. The first kappa shape index (κ1) is 19.8. The van der Waals surface area contributed by atoms with E-state index in [1.165, 1.54) is 35.6 Å². The van der Waals surface area contributed by atoms with Gasteiger partial charge in [-0.3, -0.25) is 9.59 Å². The second kappa shape index (κ2) is 7.97. The van der Waals surface area contributed by atoms with E-state index in [0.717, 1.165) is 10.9 Å². The number of aromatic nitrogens is 1. The summed E-state index contributed by atoms with van der Waals surface area (Å²) in [4.78, 5) is 25.0. The van der Waals surface area contributed by atoms with E-state index in [9.17, 15) is 27.2 Å². The fraction of sp³-hybridized carbons (Fsp3) is 0.158. The van der Waals surface area contributed by atoms with Gasteiger partial charge in [-0.05, 0) is 35.2 Å². The van der Waals surface area contributed by atoms with Crippen molar-refractivity contribution in [3.63, 3.8) is 0 Å². The highest BCUT2D eigenvalue weighted by Gasteiger charge is 2.31. The molecule has 1 atom stereocenters. The highest BCUT2D eigenvalue weighted by molar-refractivity contribution is 7.10. The van der Waals surface area contributed by atoms with Crippen LogP contribution < -0.4 is 10.9 Å². The summed E-state index contributed by atoms with van der Waals surface area (Å²) in [6.45, 7) is -0.578. The van der Waals surface area contributed by atoms with Gasteiger partial charge in [-0.25, -0.2) is 4.39 Å². The summed E-state index contributed by atoms with van der Waals surface area (Å²) in [6, 6.07) is 9.90. The lowest BCUT2D eigenvalue weighted by Gasteiger charge is -2.19. The number of benzene rings is 1. The predicted octanol–water partition coefficient (Wildman–Crippen LogP) is 3.97. The normalized spacial score (nSPS) is 12.6. The van der Waals surface area contributed by atoms with Crippen LogP contribution in [0.2, 0.25) is 0 Å². The molecular formula is C19H14F4N2O2S. The standard InChI is InChI=1S/C19H14F4N2O2S/c20-14-6-3-12(4-7-14)18(15-2-1-9-28-15)24-16(26)11-25-10-13(19(21,22)23)5-8-17(25)27/h1-10,18H,11H2,(H,24,26). The van der Waals surface area contributed by atoms with Crippen molar-refractivity contribution >= 4 is 17.2 Å². The quantitative estimate of drug-likeness (QED) is 0.647. The Morgan fingerprint density at radius 3 is 2.43 bits per heavy atom. The lowest BCUT2D eigenvalue weighted by molar-refractivity contribution is -0.138. The van der Waals surface area contributed by atoms with E-state index in [-0.39, 0.29) is 0 Å². The highest BCUT2D eigenvalue weighted by atomic mass is 32.1. The number of rotatable bonds is 5. The Morgan fingerprint density at radius 2 is 1.82 bits per heavy atom. The second-order valence-corrected chi connectivity index (χ2v) is 6.93. The largest absolute Gasteiger partial charge is 0.417 e. The third-order valence-electron chi connectivity index (χ3n) is 3.96. The Balaban J connectivity index is 1.84. The van der Waals surface area contributed by atoms with Crippen LogP contribution in [-0.2, 0) is 17.5 Å². The minimum Gasteiger partial charge on any atom is -0.343 e. The smallest absolute Gasteiger partial charge is 0.343 e. The lowest BCUT2D eigenvalue weighted by Crippen LogP contribution is -2.35. The first-order valence-corrected chi connectivity index (χ1v) is 8.98. The fourth-order valence-corrected chi connectivity index (χ4v) is 3.42. The van der Waals surface area contributed by atoms with Gasteiger partial charge in [0.05, 0.1) is 11.6 Å². The van der Waals surface area contributed by atoms with Crippen LogP contribution in [0, 0.1) is 5.82 Å². The van der Waals surface area contributed by atoms with Gasteiger partial charge in [-0.1, -0.05) is 18.2 Å². The molecule has 1 amide bonds. The molecule has 0 bridgehead atoms. The Bertz CT molecular complexity index is 1010. The number of alkyl halides is 3. The third kappa shape index (κ3) is 4.66. The minimum atomic E-state index is -4.63. The number of amides is 1. The third-order valence-corrected chi connectivity index (χ3v) is 4.90. The van der Waals surface area contributed by atoms with Gasteiger partial charge in [0.2, 0.25) is 5.91 Å². The van der Waals surface area contributed by atoms with Crippen molar-refractivity contribution in [2.24, 2.45) is 0 Å². The maximum atomic E-state index is 13.2. The number of nitrogens with zero attached hydrogens (tertiary/aromatic N) is 1. The van der Waals surface area contributed by atoms with Crippen LogP contribution >= 0.6 is 11.3 Å². The molecule has 146 valence electrons. The molecule has 0 aliphatic heterocycles. The predicted molar refractivity (Wildman–Crippen MR) is 96.4 cm³/mol. The molecule has 2 heterocycles. The Kier molecular flexibility index (Phi) is 5.64. The number of hydrogen-bond donors (Lipinski definition) is 1. The van der Waals surface area contributed by atoms with Gasteiger partial charge in [0.25, 0.3) is 5.56 Å². The molecule has 0 spiro atoms. The first-order chi connectivity index (χ1) is 13.2. The molecular weight excluding hydrogens is 396 g/mol. The second-order valence-electron chi connectivity index (χ2n) is 5.95. The van der Waals surface area contributed by atoms with E-state index in [0.29, 0.717) is 22.4 Å². The summed E-state index contributed by atoms with van der Waals surface area (Å²) >= 11 is 1.36. The molecule has 28 heavy (non-hydrogen) atoms. The zero-order chi connectivity index (χ0) is 20.3. The molecule has 0 aliphatic rings. The Morgan fingerprint density at radius 1 is 1.11 bits per heavy atom. The van der Waals surface area contributed by atoms with Crippen LogP contribution in [0.5, 0.6) is 0 Å². The van der Waals surface area contributed by atoms with Gasteiger partial charge in [-0.15, -0.1) is 11.3 Å². The van der Waals surface area contributed by atoms with E-state index in [2.05, 4.69) is 5.32 Å². The number of pyridine rings is 1. The summed E-state index contributed by atoms with van der Waals surface area (Å²) in [6.07, 6.45) is -4.01. The molecule has 9 heteroatoms. The molecule has 1 aromatic carbocycles. The fourth-order valence-electron chi connectivity index (χ4n) is 2.61. The van der Waals surface area contributed by atoms with Crippen molar-refractivity contribution in [3.05, 3.63) is 92.3 Å². The average molecular weight is 410 g/mol. The van der Waals surface area contributed by atoms with Crippen molar-refractivity contribution in [1.82, 2.24) is 9.88 Å². The van der Waals surface area contributed by atoms with Crippen LogP contribution in [-0.4, -0.2) is 10.5 Å². The molecule has 1 unspecified atom stereocenters. The first-order valence-electron chi connectivity index (χ1n) is 8.10.